The zero-order valence-corrected chi connectivity index (χ0v) is 17.0. The Morgan fingerprint density at radius 1 is 0.935 bits per heavy atom. The Morgan fingerprint density at radius 2 is 1.74 bits per heavy atom. The predicted octanol–water partition coefficient (Wildman–Crippen LogP) is 1.86. The van der Waals surface area contributed by atoms with E-state index < -0.39 is 0 Å². The number of aromatic nitrogens is 8. The van der Waals surface area contributed by atoms with Gasteiger partial charge in [-0.15, -0.1) is 10.2 Å². The molecule has 1 aromatic carbocycles. The first-order valence-electron chi connectivity index (χ1n) is 10.2. The molecule has 154 valence electrons. The fraction of sp³-hybridized carbons (Fsp3) is 0.238. The summed E-state index contributed by atoms with van der Waals surface area (Å²) in [6, 6.07) is 14.4. The first kappa shape index (κ1) is 17.8. The summed E-state index contributed by atoms with van der Waals surface area (Å²) in [7, 11) is 0. The first-order valence-corrected chi connectivity index (χ1v) is 10.2. The summed E-state index contributed by atoms with van der Waals surface area (Å²) in [6.45, 7) is 5.37. The van der Waals surface area contributed by atoms with Crippen LogP contribution in [0, 0.1) is 6.92 Å². The monoisotopic (exact) mass is 412 g/mol. The Labute approximate surface area is 177 Å². The van der Waals surface area contributed by atoms with Gasteiger partial charge in [0.2, 0.25) is 5.65 Å². The number of rotatable bonds is 3. The highest BCUT2D eigenvalue weighted by molar-refractivity contribution is 5.74. The third-order valence-corrected chi connectivity index (χ3v) is 5.62. The van der Waals surface area contributed by atoms with Crippen LogP contribution in [0.2, 0.25) is 0 Å². The van der Waals surface area contributed by atoms with E-state index in [0.29, 0.717) is 5.78 Å². The third kappa shape index (κ3) is 3.03. The van der Waals surface area contributed by atoms with E-state index in [1.807, 2.05) is 25.1 Å². The highest BCUT2D eigenvalue weighted by Gasteiger charge is 2.23. The summed E-state index contributed by atoms with van der Waals surface area (Å²) >= 11 is 0. The maximum Gasteiger partial charge on any atom is 0.254 e. The van der Waals surface area contributed by atoms with Crippen LogP contribution in [-0.2, 0) is 0 Å². The Hall–Kier alpha value is -4.08. The van der Waals surface area contributed by atoms with Crippen molar-refractivity contribution in [3.8, 4) is 11.3 Å². The molecule has 1 aliphatic heterocycles. The van der Waals surface area contributed by atoms with Crippen molar-refractivity contribution in [3.63, 3.8) is 0 Å². The van der Waals surface area contributed by atoms with Crippen molar-refractivity contribution in [1.29, 1.82) is 0 Å². The molecule has 0 unspecified atom stereocenters. The van der Waals surface area contributed by atoms with Crippen molar-refractivity contribution in [2.75, 3.05) is 36.0 Å². The van der Waals surface area contributed by atoms with E-state index in [-0.39, 0.29) is 0 Å². The molecule has 0 aliphatic carbocycles. The third-order valence-electron chi connectivity index (χ3n) is 5.62. The van der Waals surface area contributed by atoms with Crippen LogP contribution in [0.1, 0.15) is 5.69 Å². The van der Waals surface area contributed by atoms with Crippen molar-refractivity contribution in [2.24, 2.45) is 0 Å². The number of aryl methyl sites for hydroxylation is 1. The molecule has 0 bridgehead atoms. The van der Waals surface area contributed by atoms with Crippen molar-refractivity contribution >= 4 is 22.9 Å². The molecule has 10 nitrogen and oxygen atoms in total. The highest BCUT2D eigenvalue weighted by Crippen LogP contribution is 2.28. The van der Waals surface area contributed by atoms with Gasteiger partial charge in [0.25, 0.3) is 5.78 Å². The van der Waals surface area contributed by atoms with Gasteiger partial charge in [0, 0.05) is 43.5 Å². The van der Waals surface area contributed by atoms with Crippen LogP contribution in [0.4, 0.5) is 11.5 Å². The molecule has 0 atom stereocenters. The molecule has 1 fully saturated rings. The fourth-order valence-corrected chi connectivity index (χ4v) is 4.11. The minimum Gasteiger partial charge on any atom is -0.365 e. The summed E-state index contributed by atoms with van der Waals surface area (Å²) in [5, 5.41) is 17.4. The summed E-state index contributed by atoms with van der Waals surface area (Å²) < 4.78 is 3.56. The SMILES string of the molecule is Cc1cc(N2CCN(c3cc(-c4ccccc4)nn4cnnc34)CC2)n2ncnc2n1. The second-order valence-electron chi connectivity index (χ2n) is 7.58. The van der Waals surface area contributed by atoms with Gasteiger partial charge in [0.15, 0.2) is 0 Å². The zero-order chi connectivity index (χ0) is 20.8. The Kier molecular flexibility index (Phi) is 4.01. The zero-order valence-electron chi connectivity index (χ0n) is 17.0. The van der Waals surface area contributed by atoms with E-state index in [9.17, 15) is 0 Å². The molecular formula is C21H20N10. The molecule has 0 spiro atoms. The molecule has 4 aromatic heterocycles. The molecule has 0 N–H and O–H groups in total. The van der Waals surface area contributed by atoms with Gasteiger partial charge >= 0.3 is 0 Å². The van der Waals surface area contributed by atoms with Gasteiger partial charge in [-0.3, -0.25) is 0 Å². The van der Waals surface area contributed by atoms with E-state index in [2.05, 4.69) is 59.3 Å². The highest BCUT2D eigenvalue weighted by atomic mass is 15.4. The van der Waals surface area contributed by atoms with Crippen molar-refractivity contribution in [3.05, 3.63) is 60.8 Å². The fourth-order valence-electron chi connectivity index (χ4n) is 4.11. The van der Waals surface area contributed by atoms with Crippen LogP contribution in [0.15, 0.2) is 55.1 Å². The second kappa shape index (κ2) is 7.01. The van der Waals surface area contributed by atoms with Crippen molar-refractivity contribution in [1.82, 2.24) is 39.4 Å². The topological polar surface area (TPSA) is 92.6 Å². The molecule has 1 aliphatic rings. The summed E-state index contributed by atoms with van der Waals surface area (Å²) in [5.41, 5.74) is 4.72. The number of hydrogen-bond donors (Lipinski definition) is 0. The molecule has 6 rings (SSSR count). The minimum atomic E-state index is 0.629. The Bertz CT molecular complexity index is 1370. The molecule has 5 aromatic rings. The molecule has 1 saturated heterocycles. The molecule has 10 heteroatoms. The van der Waals surface area contributed by atoms with Gasteiger partial charge in [0.05, 0.1) is 11.4 Å². The van der Waals surface area contributed by atoms with Crippen LogP contribution >= 0.6 is 0 Å². The van der Waals surface area contributed by atoms with E-state index in [4.69, 9.17) is 5.10 Å². The van der Waals surface area contributed by atoms with E-state index in [0.717, 1.165) is 60.3 Å². The Balaban J connectivity index is 1.32. The molecular weight excluding hydrogens is 392 g/mol. The average molecular weight is 412 g/mol. The number of piperazine rings is 1. The lowest BCUT2D eigenvalue weighted by atomic mass is 10.1. The first-order chi connectivity index (χ1) is 15.3. The van der Waals surface area contributed by atoms with Crippen LogP contribution in [0.5, 0.6) is 0 Å². The van der Waals surface area contributed by atoms with Crippen LogP contribution in [0.3, 0.4) is 0 Å². The normalized spacial score (nSPS) is 14.6. The maximum absolute atomic E-state index is 4.69. The lowest BCUT2D eigenvalue weighted by molar-refractivity contribution is 0.638. The maximum atomic E-state index is 4.69. The van der Waals surface area contributed by atoms with Crippen molar-refractivity contribution in [2.45, 2.75) is 6.92 Å². The van der Waals surface area contributed by atoms with Crippen LogP contribution in [0.25, 0.3) is 22.7 Å². The van der Waals surface area contributed by atoms with Gasteiger partial charge in [0.1, 0.15) is 18.5 Å². The quantitative estimate of drug-likeness (QED) is 0.443. The van der Waals surface area contributed by atoms with Gasteiger partial charge < -0.3 is 9.80 Å². The predicted molar refractivity (Wildman–Crippen MR) is 116 cm³/mol. The number of benzene rings is 1. The van der Waals surface area contributed by atoms with E-state index >= 15 is 0 Å². The van der Waals surface area contributed by atoms with Gasteiger partial charge in [-0.25, -0.2) is 4.98 Å². The Morgan fingerprint density at radius 3 is 2.58 bits per heavy atom. The van der Waals surface area contributed by atoms with Gasteiger partial charge in [-0.2, -0.15) is 24.2 Å². The van der Waals surface area contributed by atoms with Gasteiger partial charge in [-0.05, 0) is 13.0 Å². The molecule has 0 saturated carbocycles. The molecule has 31 heavy (non-hydrogen) atoms. The van der Waals surface area contributed by atoms with Crippen molar-refractivity contribution < 1.29 is 0 Å². The smallest absolute Gasteiger partial charge is 0.254 e. The summed E-state index contributed by atoms with van der Waals surface area (Å²) in [4.78, 5) is 13.4. The average Bonchev–Trinajstić information content (AvgIpc) is 3.48. The lowest BCUT2D eigenvalue weighted by Gasteiger charge is -2.37. The summed E-state index contributed by atoms with van der Waals surface area (Å²) in [5.74, 6) is 1.65. The largest absolute Gasteiger partial charge is 0.365 e. The van der Waals surface area contributed by atoms with Gasteiger partial charge in [-0.1, -0.05) is 30.3 Å². The van der Waals surface area contributed by atoms with Crippen LogP contribution in [-0.4, -0.2) is 65.6 Å². The number of anilines is 2. The molecule has 5 heterocycles. The number of hydrogen-bond acceptors (Lipinski definition) is 8. The number of nitrogens with zero attached hydrogens (tertiary/aromatic N) is 10. The summed E-state index contributed by atoms with van der Waals surface area (Å²) in [6.07, 6.45) is 3.20. The minimum absolute atomic E-state index is 0.629. The number of fused-ring (bicyclic) bond motifs is 2. The standard InChI is InChI=1S/C21H20N10/c1-15-11-19(31-21(25-15)22-13-24-31)29-9-7-28(8-10-29)18-12-17(16-5-3-2-4-6-16)27-30-14-23-26-20(18)30/h2-6,11-14H,7-10H2,1H3. The second-order valence-corrected chi connectivity index (χ2v) is 7.58. The van der Waals surface area contributed by atoms with E-state index in [1.165, 1.54) is 0 Å². The van der Waals surface area contributed by atoms with E-state index in [1.54, 1.807) is 21.7 Å². The lowest BCUT2D eigenvalue weighted by Crippen LogP contribution is -2.47. The molecule has 0 radical (unpaired) electrons. The van der Waals surface area contributed by atoms with Crippen LogP contribution < -0.4 is 9.80 Å². The molecule has 0 amide bonds.